The van der Waals surface area contributed by atoms with Crippen molar-refractivity contribution in [2.24, 2.45) is 5.16 Å². The number of benzene rings is 1. The molecular weight excluding hydrogens is 518 g/mol. The molecule has 0 radical (unpaired) electrons. The van der Waals surface area contributed by atoms with Gasteiger partial charge in [0.1, 0.15) is 10.6 Å². The number of amides is 2. The van der Waals surface area contributed by atoms with Crippen molar-refractivity contribution >= 4 is 52.3 Å². The maximum absolute atomic E-state index is 13.9. The monoisotopic (exact) mass is 535 g/mol. The SMILES string of the molecule is C#CCNC(=O)NC.Cc1cc(C2=NOC(c3cc(Cl)cc(Cl)c3)(C(F)(F)F)C2)sc1C(=O)O. The number of carbonyl (C=O) groups excluding carboxylic acids is 1. The lowest BCUT2D eigenvalue weighted by Crippen LogP contribution is -2.42. The molecule has 0 saturated carbocycles. The minimum absolute atomic E-state index is 0.0130. The van der Waals surface area contributed by atoms with Gasteiger partial charge in [-0.25, -0.2) is 9.59 Å². The highest BCUT2D eigenvalue weighted by Gasteiger charge is 2.62. The molecule has 1 unspecified atom stereocenters. The Morgan fingerprint density at radius 1 is 1.29 bits per heavy atom. The van der Waals surface area contributed by atoms with Crippen molar-refractivity contribution in [3.8, 4) is 12.3 Å². The number of rotatable bonds is 4. The van der Waals surface area contributed by atoms with E-state index in [0.29, 0.717) is 10.4 Å². The zero-order chi connectivity index (χ0) is 25.7. The largest absolute Gasteiger partial charge is 0.477 e. The summed E-state index contributed by atoms with van der Waals surface area (Å²) < 4.78 is 41.7. The minimum atomic E-state index is -4.80. The Kier molecular flexibility index (Phi) is 8.83. The number of thiophene rings is 1. The van der Waals surface area contributed by atoms with Crippen LogP contribution >= 0.6 is 34.5 Å². The Bertz CT molecular complexity index is 1140. The molecule has 3 rings (SSSR count). The zero-order valence-corrected chi connectivity index (χ0v) is 20.0. The summed E-state index contributed by atoms with van der Waals surface area (Å²) in [6, 6.07) is 4.80. The van der Waals surface area contributed by atoms with Crippen molar-refractivity contribution in [2.45, 2.75) is 25.1 Å². The van der Waals surface area contributed by atoms with Gasteiger partial charge in [0.25, 0.3) is 5.60 Å². The second-order valence-corrected chi connectivity index (χ2v) is 8.78. The number of aryl methyl sites for hydroxylation is 1. The Balaban J connectivity index is 0.000000440. The number of urea groups is 1. The van der Waals surface area contributed by atoms with E-state index in [1.165, 1.54) is 19.2 Å². The standard InChI is InChI=1S/C16H10Cl2F3NO3S.C5H8N2O/c1-7-2-12(26-13(7)14(23)24)11-6-15(25-22-11,16(19,20)21)8-3-9(17)5-10(18)4-8;1-3-4-7-5(8)6-2/h2-5H,6H2,1H3,(H,23,24);1H,4H2,2H3,(H2,6,7,8). The third-order valence-corrected chi connectivity index (χ3v) is 6.20. The summed E-state index contributed by atoms with van der Waals surface area (Å²) >= 11 is 12.5. The van der Waals surface area contributed by atoms with E-state index < -0.39 is 24.2 Å². The maximum atomic E-state index is 13.9. The topological polar surface area (TPSA) is 100 Å². The van der Waals surface area contributed by atoms with Gasteiger partial charge < -0.3 is 20.6 Å². The first-order chi connectivity index (χ1) is 15.8. The molecule has 7 nitrogen and oxygen atoms in total. The van der Waals surface area contributed by atoms with Gasteiger partial charge in [-0.3, -0.25) is 0 Å². The van der Waals surface area contributed by atoms with Gasteiger partial charge in [0.05, 0.1) is 17.8 Å². The molecule has 2 aromatic rings. The van der Waals surface area contributed by atoms with Gasteiger partial charge in [-0.1, -0.05) is 34.3 Å². The lowest BCUT2D eigenvalue weighted by Gasteiger charge is -2.29. The van der Waals surface area contributed by atoms with Gasteiger partial charge >= 0.3 is 18.2 Å². The third kappa shape index (κ3) is 6.14. The number of nitrogens with zero attached hydrogens (tertiary/aromatic N) is 1. The van der Waals surface area contributed by atoms with Crippen LogP contribution in [0.3, 0.4) is 0 Å². The number of oxime groups is 1. The summed E-state index contributed by atoms with van der Waals surface area (Å²) in [6.45, 7) is 1.84. The highest BCUT2D eigenvalue weighted by Crippen LogP contribution is 2.50. The van der Waals surface area contributed by atoms with Gasteiger partial charge in [-0.05, 0) is 36.8 Å². The van der Waals surface area contributed by atoms with Crippen molar-refractivity contribution < 1.29 is 32.7 Å². The molecule has 13 heteroatoms. The fourth-order valence-electron chi connectivity index (χ4n) is 2.88. The molecule has 34 heavy (non-hydrogen) atoms. The number of halogens is 5. The molecule has 2 heterocycles. The molecule has 1 aliphatic rings. The lowest BCUT2D eigenvalue weighted by atomic mass is 9.88. The maximum Gasteiger partial charge on any atom is 0.435 e. The fourth-order valence-corrected chi connectivity index (χ4v) is 4.40. The Hall–Kier alpha value is -2.94. The summed E-state index contributed by atoms with van der Waals surface area (Å²) in [4.78, 5) is 26.6. The second-order valence-electron chi connectivity index (χ2n) is 6.85. The predicted octanol–water partition coefficient (Wildman–Crippen LogP) is 5.19. The van der Waals surface area contributed by atoms with Crippen molar-refractivity contribution in [3.05, 3.63) is 55.2 Å². The first-order valence-electron chi connectivity index (χ1n) is 9.36. The van der Waals surface area contributed by atoms with Crippen LogP contribution in [0.1, 0.15) is 32.1 Å². The van der Waals surface area contributed by atoms with Crippen LogP contribution in [0, 0.1) is 19.3 Å². The van der Waals surface area contributed by atoms with E-state index in [1.807, 2.05) is 0 Å². The number of alkyl halides is 3. The minimum Gasteiger partial charge on any atom is -0.477 e. The van der Waals surface area contributed by atoms with E-state index in [0.717, 1.165) is 23.5 Å². The van der Waals surface area contributed by atoms with Crippen LogP contribution in [0.2, 0.25) is 10.0 Å². The van der Waals surface area contributed by atoms with Crippen LogP contribution in [0.4, 0.5) is 18.0 Å². The van der Waals surface area contributed by atoms with E-state index in [4.69, 9.17) is 39.6 Å². The molecule has 1 aromatic carbocycles. The Morgan fingerprint density at radius 2 is 1.91 bits per heavy atom. The van der Waals surface area contributed by atoms with E-state index in [-0.39, 0.29) is 38.8 Å². The highest BCUT2D eigenvalue weighted by atomic mass is 35.5. The molecule has 182 valence electrons. The van der Waals surface area contributed by atoms with E-state index in [1.54, 1.807) is 6.92 Å². The van der Waals surface area contributed by atoms with Crippen LogP contribution in [-0.4, -0.2) is 42.6 Å². The van der Waals surface area contributed by atoms with Crippen molar-refractivity contribution in [1.82, 2.24) is 10.6 Å². The van der Waals surface area contributed by atoms with Crippen LogP contribution in [0.5, 0.6) is 0 Å². The number of carboxylic acids is 1. The third-order valence-electron chi connectivity index (χ3n) is 4.49. The fraction of sp³-hybridized carbons (Fsp3) is 0.286. The molecule has 3 N–H and O–H groups in total. The molecule has 2 amide bonds. The van der Waals surface area contributed by atoms with Gasteiger partial charge in [-0.15, -0.1) is 17.8 Å². The van der Waals surface area contributed by atoms with Crippen LogP contribution in [-0.2, 0) is 10.4 Å². The molecular formula is C21H18Cl2F3N3O4S. The van der Waals surface area contributed by atoms with Crippen molar-refractivity contribution in [2.75, 3.05) is 13.6 Å². The van der Waals surface area contributed by atoms with Gasteiger partial charge in [0.2, 0.25) is 0 Å². The second kappa shape index (κ2) is 11.0. The zero-order valence-electron chi connectivity index (χ0n) is 17.7. The molecule has 0 aliphatic carbocycles. The normalized spacial score (nSPS) is 16.9. The Morgan fingerprint density at radius 3 is 2.38 bits per heavy atom. The van der Waals surface area contributed by atoms with Crippen LogP contribution < -0.4 is 10.6 Å². The van der Waals surface area contributed by atoms with Gasteiger partial charge in [0.15, 0.2) is 0 Å². The average Bonchev–Trinajstić information content (AvgIpc) is 3.36. The van der Waals surface area contributed by atoms with Gasteiger partial charge in [0, 0.05) is 22.7 Å². The average molecular weight is 536 g/mol. The molecule has 1 aromatic heterocycles. The number of terminal acetylenes is 1. The summed E-state index contributed by atoms with van der Waals surface area (Å²) in [6.07, 6.45) is -0.577. The summed E-state index contributed by atoms with van der Waals surface area (Å²) in [5.41, 5.74) is -2.56. The summed E-state index contributed by atoms with van der Waals surface area (Å²) in [5.74, 6) is 1.11. The quantitative estimate of drug-likeness (QED) is 0.469. The lowest BCUT2D eigenvalue weighted by molar-refractivity contribution is -0.275. The first kappa shape index (κ1) is 27.3. The smallest absolute Gasteiger partial charge is 0.435 e. The molecule has 0 fully saturated rings. The predicted molar refractivity (Wildman–Crippen MR) is 124 cm³/mol. The first-order valence-corrected chi connectivity index (χ1v) is 10.9. The molecule has 1 atom stereocenters. The number of carbonyl (C=O) groups is 2. The molecule has 0 spiro atoms. The summed E-state index contributed by atoms with van der Waals surface area (Å²) in [7, 11) is 1.53. The number of hydrogen-bond donors (Lipinski definition) is 3. The highest BCUT2D eigenvalue weighted by molar-refractivity contribution is 7.16. The molecule has 0 bridgehead atoms. The van der Waals surface area contributed by atoms with Gasteiger partial charge in [-0.2, -0.15) is 13.2 Å². The van der Waals surface area contributed by atoms with Crippen molar-refractivity contribution in [1.29, 1.82) is 0 Å². The van der Waals surface area contributed by atoms with E-state index in [2.05, 4.69) is 21.7 Å². The van der Waals surface area contributed by atoms with Crippen LogP contribution in [0.15, 0.2) is 29.4 Å². The molecule has 1 aliphatic heterocycles. The van der Waals surface area contributed by atoms with Crippen molar-refractivity contribution in [3.63, 3.8) is 0 Å². The number of nitrogens with one attached hydrogen (secondary N) is 2. The van der Waals surface area contributed by atoms with E-state index in [9.17, 15) is 22.8 Å². The number of hydrogen-bond acceptors (Lipinski definition) is 5. The van der Waals surface area contributed by atoms with E-state index >= 15 is 0 Å². The number of aromatic carboxylic acids is 1. The molecule has 0 saturated heterocycles. The number of carboxylic acid groups (broad SMARTS) is 1. The van der Waals surface area contributed by atoms with Crippen LogP contribution in [0.25, 0.3) is 0 Å². The Labute approximate surface area is 206 Å². The summed E-state index contributed by atoms with van der Waals surface area (Å²) in [5, 5.41) is 17.5.